The second-order valence-corrected chi connectivity index (χ2v) is 7.43. The van der Waals surface area contributed by atoms with Crippen LogP contribution in [0, 0.1) is 17.7 Å². The first kappa shape index (κ1) is 16.2. The summed E-state index contributed by atoms with van der Waals surface area (Å²) in [6, 6.07) is 10.9. The Morgan fingerprint density at radius 2 is 1.81 bits per heavy atom. The summed E-state index contributed by atoms with van der Waals surface area (Å²) in [5, 5.41) is 0. The van der Waals surface area contributed by atoms with E-state index in [0.29, 0.717) is 24.9 Å². The minimum absolute atomic E-state index is 0.0790. The number of fused-ring (bicyclic) bond motifs is 2. The van der Waals surface area contributed by atoms with Crippen molar-refractivity contribution in [3.63, 3.8) is 0 Å². The number of carbonyl (C=O) groups excluding carboxylic acids is 1. The van der Waals surface area contributed by atoms with Gasteiger partial charge in [-0.05, 0) is 24.3 Å². The molecule has 2 aliphatic heterocycles. The molecule has 2 atom stereocenters. The number of amides is 1. The lowest BCUT2D eigenvalue weighted by Crippen LogP contribution is -2.34. The van der Waals surface area contributed by atoms with E-state index >= 15 is 0 Å². The quantitative estimate of drug-likeness (QED) is 0.699. The molecule has 0 spiro atoms. The van der Waals surface area contributed by atoms with Crippen LogP contribution in [0.4, 0.5) is 10.3 Å². The van der Waals surface area contributed by atoms with Crippen LogP contribution in [0.5, 0.6) is 0 Å². The zero-order valence-corrected chi connectivity index (χ0v) is 15.0. The summed E-state index contributed by atoms with van der Waals surface area (Å²) in [6.07, 6.45) is 1.46. The van der Waals surface area contributed by atoms with Crippen molar-refractivity contribution in [2.24, 2.45) is 18.9 Å². The fourth-order valence-corrected chi connectivity index (χ4v) is 4.43. The maximum absolute atomic E-state index is 13.9. The van der Waals surface area contributed by atoms with Gasteiger partial charge in [-0.15, -0.1) is 0 Å². The van der Waals surface area contributed by atoms with E-state index in [-0.39, 0.29) is 11.6 Å². The van der Waals surface area contributed by atoms with Crippen molar-refractivity contribution in [2.45, 2.75) is 0 Å². The number of aromatic nitrogens is 3. The molecule has 3 aromatic rings. The fraction of sp³-hybridized carbons (Fsp3) is 0.350. The fourth-order valence-electron chi connectivity index (χ4n) is 4.43. The molecule has 2 unspecified atom stereocenters. The molecule has 0 bridgehead atoms. The van der Waals surface area contributed by atoms with Crippen LogP contribution in [-0.4, -0.2) is 51.5 Å². The van der Waals surface area contributed by atoms with E-state index in [1.165, 1.54) is 18.3 Å². The van der Waals surface area contributed by atoms with Gasteiger partial charge in [-0.3, -0.25) is 4.79 Å². The number of anilines is 1. The van der Waals surface area contributed by atoms with Gasteiger partial charge in [0.05, 0.1) is 11.0 Å². The van der Waals surface area contributed by atoms with Gasteiger partial charge < -0.3 is 14.4 Å². The molecule has 0 saturated carbocycles. The number of benzene rings is 1. The van der Waals surface area contributed by atoms with E-state index in [2.05, 4.69) is 20.5 Å². The Balaban J connectivity index is 1.33. The van der Waals surface area contributed by atoms with Crippen LogP contribution in [0.3, 0.4) is 0 Å². The molecular formula is C20H20FN5O. The minimum atomic E-state index is -0.555. The van der Waals surface area contributed by atoms with Crippen LogP contribution in [0.25, 0.3) is 11.0 Å². The van der Waals surface area contributed by atoms with E-state index in [4.69, 9.17) is 4.98 Å². The highest BCUT2D eigenvalue weighted by molar-refractivity contribution is 5.92. The molecule has 1 amide bonds. The Bertz CT molecular complexity index is 1020. The molecule has 4 heterocycles. The summed E-state index contributed by atoms with van der Waals surface area (Å²) in [6.45, 7) is 2.99. The van der Waals surface area contributed by atoms with Crippen molar-refractivity contribution in [2.75, 3.05) is 31.1 Å². The number of imidazole rings is 1. The first-order valence-electron chi connectivity index (χ1n) is 9.18. The van der Waals surface area contributed by atoms with Crippen molar-refractivity contribution >= 4 is 22.9 Å². The highest BCUT2D eigenvalue weighted by Crippen LogP contribution is 2.35. The molecule has 6 nitrogen and oxygen atoms in total. The second kappa shape index (κ2) is 6.04. The van der Waals surface area contributed by atoms with E-state index in [0.717, 1.165) is 30.1 Å². The third-order valence-electron chi connectivity index (χ3n) is 5.78. The third-order valence-corrected chi connectivity index (χ3v) is 5.78. The molecule has 2 saturated heterocycles. The Morgan fingerprint density at radius 1 is 1.07 bits per heavy atom. The van der Waals surface area contributed by atoms with Gasteiger partial charge >= 0.3 is 0 Å². The average Bonchev–Trinajstić information content (AvgIpc) is 3.33. The summed E-state index contributed by atoms with van der Waals surface area (Å²) in [5.74, 6) is 0.859. The highest BCUT2D eigenvalue weighted by Gasteiger charge is 2.43. The predicted molar refractivity (Wildman–Crippen MR) is 100 cm³/mol. The van der Waals surface area contributed by atoms with E-state index in [9.17, 15) is 9.18 Å². The number of halogens is 1. The SMILES string of the molecule is Cn1c(N2CC3CN(C(=O)c4ncccc4F)CC3C2)nc2ccccc21. The van der Waals surface area contributed by atoms with Crippen LogP contribution in [0.15, 0.2) is 42.6 Å². The molecule has 0 aliphatic carbocycles. The highest BCUT2D eigenvalue weighted by atomic mass is 19.1. The lowest BCUT2D eigenvalue weighted by Gasteiger charge is -2.22. The van der Waals surface area contributed by atoms with Gasteiger partial charge in [0, 0.05) is 51.3 Å². The summed E-state index contributed by atoms with van der Waals surface area (Å²) in [4.78, 5) is 25.4. The number of carbonyl (C=O) groups is 1. The standard InChI is InChI=1S/C20H20FN5O/c1-24-17-7-3-2-6-16(17)23-20(24)26-11-13-9-25(10-14(13)12-26)19(27)18-15(21)5-4-8-22-18/h2-8,13-14H,9-12H2,1H3. The normalized spacial score (nSPS) is 21.9. The zero-order chi connectivity index (χ0) is 18.5. The summed E-state index contributed by atoms with van der Waals surface area (Å²) in [7, 11) is 2.04. The van der Waals surface area contributed by atoms with Gasteiger partial charge in [-0.1, -0.05) is 12.1 Å². The Kier molecular flexibility index (Phi) is 3.63. The third kappa shape index (κ3) is 2.57. The summed E-state index contributed by atoms with van der Waals surface area (Å²) < 4.78 is 16.0. The van der Waals surface area contributed by atoms with E-state index < -0.39 is 5.82 Å². The molecule has 2 fully saturated rings. The molecule has 7 heteroatoms. The maximum Gasteiger partial charge on any atom is 0.275 e. The van der Waals surface area contributed by atoms with Crippen molar-refractivity contribution in [3.8, 4) is 0 Å². The van der Waals surface area contributed by atoms with Gasteiger partial charge in [0.25, 0.3) is 5.91 Å². The summed E-state index contributed by atoms with van der Waals surface area (Å²) >= 11 is 0. The molecular weight excluding hydrogens is 345 g/mol. The van der Waals surface area contributed by atoms with Crippen LogP contribution < -0.4 is 4.90 Å². The average molecular weight is 365 g/mol. The largest absolute Gasteiger partial charge is 0.342 e. The number of aryl methyl sites for hydroxylation is 1. The van der Waals surface area contributed by atoms with Gasteiger partial charge in [0.2, 0.25) is 5.95 Å². The first-order chi connectivity index (χ1) is 13.1. The lowest BCUT2D eigenvalue weighted by atomic mass is 10.0. The van der Waals surface area contributed by atoms with Gasteiger partial charge in [-0.2, -0.15) is 0 Å². The van der Waals surface area contributed by atoms with Crippen LogP contribution in [-0.2, 0) is 7.05 Å². The van der Waals surface area contributed by atoms with Crippen molar-refractivity contribution in [3.05, 3.63) is 54.1 Å². The maximum atomic E-state index is 13.9. The number of hydrogen-bond acceptors (Lipinski definition) is 4. The van der Waals surface area contributed by atoms with E-state index in [1.54, 1.807) is 4.90 Å². The minimum Gasteiger partial charge on any atom is -0.342 e. The Labute approximate surface area is 156 Å². The number of nitrogens with zero attached hydrogens (tertiary/aromatic N) is 5. The summed E-state index contributed by atoms with van der Waals surface area (Å²) in [5.41, 5.74) is 2.03. The van der Waals surface area contributed by atoms with Gasteiger partial charge in [-0.25, -0.2) is 14.4 Å². The number of likely N-dealkylation sites (tertiary alicyclic amines) is 1. The topological polar surface area (TPSA) is 54.3 Å². The number of rotatable bonds is 2. The first-order valence-corrected chi connectivity index (χ1v) is 9.18. The molecule has 0 radical (unpaired) electrons. The number of para-hydroxylation sites is 2. The second-order valence-electron chi connectivity index (χ2n) is 7.43. The molecule has 27 heavy (non-hydrogen) atoms. The van der Waals surface area contributed by atoms with Crippen LogP contribution >= 0.6 is 0 Å². The van der Waals surface area contributed by atoms with Crippen molar-refractivity contribution < 1.29 is 9.18 Å². The smallest absolute Gasteiger partial charge is 0.275 e. The molecule has 138 valence electrons. The number of hydrogen-bond donors (Lipinski definition) is 0. The van der Waals surface area contributed by atoms with Crippen molar-refractivity contribution in [1.29, 1.82) is 0 Å². The number of pyridine rings is 1. The lowest BCUT2D eigenvalue weighted by molar-refractivity contribution is 0.0771. The van der Waals surface area contributed by atoms with E-state index in [1.807, 2.05) is 25.2 Å². The van der Waals surface area contributed by atoms with Crippen LogP contribution in [0.1, 0.15) is 10.5 Å². The predicted octanol–water partition coefficient (Wildman–Crippen LogP) is 2.32. The van der Waals surface area contributed by atoms with Crippen LogP contribution in [0.2, 0.25) is 0 Å². The Morgan fingerprint density at radius 3 is 2.52 bits per heavy atom. The van der Waals surface area contributed by atoms with Gasteiger partial charge in [0.15, 0.2) is 11.5 Å². The molecule has 0 N–H and O–H groups in total. The monoisotopic (exact) mass is 365 g/mol. The van der Waals surface area contributed by atoms with Gasteiger partial charge in [0.1, 0.15) is 0 Å². The molecule has 2 aliphatic rings. The molecule has 2 aromatic heterocycles. The zero-order valence-electron chi connectivity index (χ0n) is 15.0. The Hall–Kier alpha value is -2.96. The molecule has 5 rings (SSSR count). The molecule has 1 aromatic carbocycles. The van der Waals surface area contributed by atoms with Crippen molar-refractivity contribution in [1.82, 2.24) is 19.4 Å².